The number of alkyl halides is 3. The number of esters is 1. The summed E-state index contributed by atoms with van der Waals surface area (Å²) < 4.78 is 63.7. The molecule has 1 unspecified atom stereocenters. The summed E-state index contributed by atoms with van der Waals surface area (Å²) in [7, 11) is 1.80. The van der Waals surface area contributed by atoms with Crippen molar-refractivity contribution in [3.63, 3.8) is 0 Å². The zero-order valence-electron chi connectivity index (χ0n) is 21.0. The quantitative estimate of drug-likeness (QED) is 0.129. The van der Waals surface area contributed by atoms with E-state index in [1.807, 2.05) is 13.8 Å². The SMILES string of the molecule is CC/C=C(\OC(=O)SCC)[N+]1(C)CCC(OC(=O)C(F)(F)F)=C(c2nsnc2OCCCCCC)C1. The van der Waals surface area contributed by atoms with Gasteiger partial charge in [0, 0.05) is 11.8 Å². The van der Waals surface area contributed by atoms with E-state index < -0.39 is 17.4 Å². The zero-order chi connectivity index (χ0) is 26.8. The van der Waals surface area contributed by atoms with Gasteiger partial charge in [-0.2, -0.15) is 17.5 Å². The van der Waals surface area contributed by atoms with E-state index in [9.17, 15) is 22.8 Å². The van der Waals surface area contributed by atoms with Crippen molar-refractivity contribution in [2.75, 3.05) is 32.5 Å². The molecule has 0 bridgehead atoms. The summed E-state index contributed by atoms with van der Waals surface area (Å²) in [5.74, 6) is -1.35. The van der Waals surface area contributed by atoms with Crippen molar-refractivity contribution in [1.29, 1.82) is 0 Å². The third-order valence-electron chi connectivity index (χ3n) is 5.47. The van der Waals surface area contributed by atoms with Gasteiger partial charge >= 0.3 is 17.4 Å². The smallest absolute Gasteiger partial charge is 0.475 e. The number of quaternary nitrogens is 1. The fourth-order valence-electron chi connectivity index (χ4n) is 3.63. The third-order valence-corrected chi connectivity index (χ3v) is 6.58. The summed E-state index contributed by atoms with van der Waals surface area (Å²) in [6, 6.07) is 0. The summed E-state index contributed by atoms with van der Waals surface area (Å²) in [6.07, 6.45) is 1.08. The molecule has 0 fully saturated rings. The largest absolute Gasteiger partial charge is 0.491 e. The lowest BCUT2D eigenvalue weighted by Crippen LogP contribution is -2.49. The van der Waals surface area contributed by atoms with Gasteiger partial charge < -0.3 is 14.2 Å². The highest BCUT2D eigenvalue weighted by Gasteiger charge is 2.45. The van der Waals surface area contributed by atoms with Crippen molar-refractivity contribution >= 4 is 40.3 Å². The van der Waals surface area contributed by atoms with Gasteiger partial charge in [0.25, 0.3) is 11.8 Å². The Hall–Kier alpha value is -2.12. The number of nitrogens with zero attached hydrogens (tertiary/aromatic N) is 3. The molecular weight excluding hydrogens is 519 g/mol. The summed E-state index contributed by atoms with van der Waals surface area (Å²) in [5.41, 5.74) is 0.495. The Morgan fingerprint density at radius 3 is 2.56 bits per heavy atom. The van der Waals surface area contributed by atoms with E-state index in [4.69, 9.17) is 14.2 Å². The lowest BCUT2D eigenvalue weighted by Gasteiger charge is -2.38. The topological polar surface area (TPSA) is 87.6 Å². The normalized spacial score (nSPS) is 18.8. The fourth-order valence-corrected chi connectivity index (χ4v) is 4.53. The highest BCUT2D eigenvalue weighted by molar-refractivity contribution is 8.13. The zero-order valence-corrected chi connectivity index (χ0v) is 22.6. The molecule has 1 atom stereocenters. The van der Waals surface area contributed by atoms with Crippen LogP contribution in [0.25, 0.3) is 5.57 Å². The Balaban J connectivity index is 2.41. The number of hydrogen-bond acceptors (Lipinski definition) is 9. The summed E-state index contributed by atoms with van der Waals surface area (Å²) >= 11 is 1.87. The molecule has 13 heteroatoms. The molecule has 0 amide bonds. The second kappa shape index (κ2) is 14.0. The number of allylic oxidation sites excluding steroid dienone is 1. The molecule has 0 saturated heterocycles. The molecule has 1 aromatic rings. The fraction of sp³-hybridized carbons (Fsp3) is 0.652. The van der Waals surface area contributed by atoms with E-state index in [1.165, 1.54) is 0 Å². The van der Waals surface area contributed by atoms with Crippen molar-refractivity contribution in [3.05, 3.63) is 23.4 Å². The van der Waals surface area contributed by atoms with Gasteiger partial charge in [-0.3, -0.25) is 4.48 Å². The van der Waals surface area contributed by atoms with E-state index in [-0.39, 0.29) is 46.9 Å². The summed E-state index contributed by atoms with van der Waals surface area (Å²) in [6.45, 7) is 6.49. The van der Waals surface area contributed by atoms with E-state index in [0.29, 0.717) is 24.7 Å². The Bertz CT molecular complexity index is 965. The second-order valence-electron chi connectivity index (χ2n) is 8.38. The number of thioether (sulfide) groups is 1. The van der Waals surface area contributed by atoms with Crippen LogP contribution in [0.4, 0.5) is 18.0 Å². The molecule has 0 aliphatic carbocycles. The first-order chi connectivity index (χ1) is 17.1. The van der Waals surface area contributed by atoms with Crippen LogP contribution in [0.1, 0.15) is 65.0 Å². The third kappa shape index (κ3) is 8.48. The van der Waals surface area contributed by atoms with Crippen LogP contribution in [-0.2, 0) is 14.3 Å². The number of halogens is 3. The van der Waals surface area contributed by atoms with Gasteiger partial charge in [-0.05, 0) is 24.6 Å². The number of unbranched alkanes of at least 4 members (excludes halogenated alkanes) is 3. The molecule has 1 aliphatic rings. The number of ether oxygens (including phenoxy) is 3. The van der Waals surface area contributed by atoms with Gasteiger partial charge in [0.2, 0.25) is 0 Å². The molecule has 0 N–H and O–H groups in total. The van der Waals surface area contributed by atoms with Crippen molar-refractivity contribution in [3.8, 4) is 5.88 Å². The van der Waals surface area contributed by atoms with Crippen LogP contribution < -0.4 is 4.74 Å². The number of aromatic nitrogens is 2. The molecule has 2 rings (SSSR count). The Morgan fingerprint density at radius 1 is 1.17 bits per heavy atom. The Kier molecular flexibility index (Phi) is 11.7. The van der Waals surface area contributed by atoms with Crippen molar-refractivity contribution in [2.24, 2.45) is 0 Å². The van der Waals surface area contributed by atoms with Crippen LogP contribution in [0.3, 0.4) is 0 Å². The average Bonchev–Trinajstić information content (AvgIpc) is 3.28. The molecule has 0 radical (unpaired) electrons. The van der Waals surface area contributed by atoms with Gasteiger partial charge in [-0.1, -0.05) is 40.0 Å². The van der Waals surface area contributed by atoms with Crippen molar-refractivity contribution < 1.29 is 41.5 Å². The van der Waals surface area contributed by atoms with Gasteiger partial charge in [-0.15, -0.1) is 4.37 Å². The second-order valence-corrected chi connectivity index (χ2v) is 10.1. The molecule has 8 nitrogen and oxygen atoms in total. The van der Waals surface area contributed by atoms with Crippen LogP contribution in [-0.4, -0.2) is 63.2 Å². The van der Waals surface area contributed by atoms with Crippen LogP contribution >= 0.6 is 23.5 Å². The molecule has 0 spiro atoms. The highest BCUT2D eigenvalue weighted by Crippen LogP contribution is 2.38. The minimum atomic E-state index is -5.15. The van der Waals surface area contributed by atoms with E-state index in [0.717, 1.165) is 49.2 Å². The number of likely N-dealkylation sites (N-methyl/N-ethyl adjacent to an activating group) is 1. The number of carbonyl (C=O) groups is 2. The number of carbonyl (C=O) groups excluding carboxylic acids is 2. The maximum Gasteiger partial charge on any atom is 0.491 e. The molecule has 2 heterocycles. The van der Waals surface area contributed by atoms with Crippen molar-refractivity contribution in [2.45, 2.75) is 65.5 Å². The van der Waals surface area contributed by atoms with Crippen LogP contribution in [0, 0.1) is 0 Å². The number of rotatable bonds is 12. The van der Waals surface area contributed by atoms with E-state index >= 15 is 0 Å². The monoisotopic (exact) mass is 552 g/mol. The predicted molar refractivity (Wildman–Crippen MR) is 132 cm³/mol. The van der Waals surface area contributed by atoms with Gasteiger partial charge in [0.05, 0.1) is 43.9 Å². The first-order valence-electron chi connectivity index (χ1n) is 11.9. The summed E-state index contributed by atoms with van der Waals surface area (Å²) in [5, 5.41) is -0.470. The van der Waals surface area contributed by atoms with Gasteiger partial charge in [0.1, 0.15) is 12.3 Å². The van der Waals surface area contributed by atoms with Crippen LogP contribution in [0.5, 0.6) is 5.88 Å². The van der Waals surface area contributed by atoms with Crippen molar-refractivity contribution in [1.82, 2.24) is 8.75 Å². The average molecular weight is 553 g/mol. The molecule has 36 heavy (non-hydrogen) atoms. The summed E-state index contributed by atoms with van der Waals surface area (Å²) in [4.78, 5) is 23.9. The molecule has 1 aromatic heterocycles. The standard InChI is InChI=1S/C23H33F3N3O5S2/c1-5-8-9-10-14-32-20-19(27-36-28-20)16-15-29(4,18(11-6-2)34-22(31)35-7-3)13-12-17(16)33-21(30)23(24,25)26/h11H,5-10,12-15H2,1-4H3/q+1/b18-11-. The molecule has 0 aromatic carbocycles. The predicted octanol–water partition coefficient (Wildman–Crippen LogP) is 6.31. The Morgan fingerprint density at radius 2 is 1.92 bits per heavy atom. The number of hydrogen-bond donors (Lipinski definition) is 0. The molecule has 1 aliphatic heterocycles. The minimum Gasteiger partial charge on any atom is -0.475 e. The van der Waals surface area contributed by atoms with Gasteiger partial charge in [-0.25, -0.2) is 9.59 Å². The molecular formula is C23H33F3N3O5S2+. The molecule has 202 valence electrons. The molecule has 0 saturated carbocycles. The maximum atomic E-state index is 13.0. The lowest BCUT2D eigenvalue weighted by molar-refractivity contribution is -0.880. The first kappa shape index (κ1) is 30.1. The minimum absolute atomic E-state index is 0.0132. The van der Waals surface area contributed by atoms with E-state index in [1.54, 1.807) is 13.1 Å². The first-order valence-corrected chi connectivity index (χ1v) is 13.6. The highest BCUT2D eigenvalue weighted by atomic mass is 32.2. The lowest BCUT2D eigenvalue weighted by atomic mass is 10.0. The maximum absolute atomic E-state index is 13.0. The van der Waals surface area contributed by atoms with E-state index in [2.05, 4.69) is 15.7 Å². The van der Waals surface area contributed by atoms with Gasteiger partial charge in [0.15, 0.2) is 5.69 Å². The van der Waals surface area contributed by atoms with Crippen LogP contribution in [0.2, 0.25) is 0 Å². The van der Waals surface area contributed by atoms with Crippen LogP contribution in [0.15, 0.2) is 17.7 Å². The Labute approximate surface area is 217 Å².